The topological polar surface area (TPSA) is 24.4 Å². The van der Waals surface area contributed by atoms with Crippen molar-refractivity contribution < 1.29 is 1.43 Å². The molecule has 0 aromatic heterocycles. The van der Waals surface area contributed by atoms with Crippen LogP contribution in [-0.2, 0) is 0 Å². The van der Waals surface area contributed by atoms with Crippen molar-refractivity contribution in [3.05, 3.63) is 12.7 Å². The van der Waals surface area contributed by atoms with Gasteiger partial charge in [0, 0.05) is 1.43 Å². The molecule has 1 aliphatic carbocycles. The lowest BCUT2D eigenvalue weighted by Crippen LogP contribution is -2.27. The minimum absolute atomic E-state index is 0. The Kier molecular flexibility index (Phi) is 0.770. The number of nitrogens with zero attached hydrogens (tertiary/aromatic N) is 1. The van der Waals surface area contributed by atoms with Gasteiger partial charge in [0.1, 0.15) is 0 Å². The van der Waals surface area contributed by atoms with E-state index in [-0.39, 0.29) is 1.43 Å². The van der Waals surface area contributed by atoms with E-state index in [1.54, 1.807) is 0 Å². The maximum absolute atomic E-state index is 4.22. The second kappa shape index (κ2) is 1.38. The smallest absolute Gasteiger partial charge is 0.0833 e. The monoisotopic (exact) mass is 124 g/mol. The lowest BCUT2D eigenvalue weighted by Gasteiger charge is -2.07. The summed E-state index contributed by atoms with van der Waals surface area (Å²) in [6, 6.07) is 0.565. The van der Waals surface area contributed by atoms with Gasteiger partial charge in [0.15, 0.2) is 0 Å². The van der Waals surface area contributed by atoms with Crippen LogP contribution in [-0.4, -0.2) is 17.9 Å². The molecule has 2 nitrogen and oxygen atoms in total. The Bertz CT molecular complexity index is 178. The maximum atomic E-state index is 4.22. The molecule has 1 heterocycles. The van der Waals surface area contributed by atoms with Crippen molar-refractivity contribution in [1.29, 1.82) is 0 Å². The molecule has 1 N–H and O–H groups in total. The quantitative estimate of drug-likeness (QED) is 0.544. The normalized spacial score (nSPS) is 43.8. The highest BCUT2D eigenvalue weighted by atomic mass is 15.2. The second-order valence-electron chi connectivity index (χ2n) is 2.79. The molecule has 0 radical (unpaired) electrons. The third-order valence-corrected chi connectivity index (χ3v) is 2.15. The molecular formula is C7H12N2. The van der Waals surface area contributed by atoms with Gasteiger partial charge in [-0.2, -0.15) is 0 Å². The van der Waals surface area contributed by atoms with Crippen molar-refractivity contribution in [1.82, 2.24) is 5.32 Å². The van der Waals surface area contributed by atoms with E-state index in [4.69, 9.17) is 0 Å². The minimum Gasteiger partial charge on any atom is -0.368 e. The molecule has 1 fully saturated rings. The van der Waals surface area contributed by atoms with Crippen LogP contribution in [0.1, 0.15) is 14.3 Å². The standard InChI is InChI=1S/C7H10N2.H2/c1-2-3-7-4-6(7)8-5-9-7;/h2,5-6H,1,3-4H2,(H,8,9);1H. The van der Waals surface area contributed by atoms with Gasteiger partial charge in [0.05, 0.1) is 17.9 Å². The Morgan fingerprint density at radius 3 is 3.44 bits per heavy atom. The van der Waals surface area contributed by atoms with Crippen LogP contribution < -0.4 is 5.32 Å². The third kappa shape index (κ3) is 0.530. The summed E-state index contributed by atoms with van der Waals surface area (Å²) in [7, 11) is 0. The number of rotatable bonds is 2. The van der Waals surface area contributed by atoms with Crippen LogP contribution >= 0.6 is 0 Å². The number of fused-ring (bicyclic) bond motifs is 1. The number of aliphatic imine (C=N–C) groups is 1. The van der Waals surface area contributed by atoms with E-state index in [9.17, 15) is 0 Å². The van der Waals surface area contributed by atoms with E-state index >= 15 is 0 Å². The van der Waals surface area contributed by atoms with Crippen molar-refractivity contribution in [2.24, 2.45) is 4.99 Å². The first-order chi connectivity index (χ1) is 4.37. The molecule has 2 heteroatoms. The maximum Gasteiger partial charge on any atom is 0.0833 e. The fourth-order valence-electron chi connectivity index (χ4n) is 1.43. The van der Waals surface area contributed by atoms with Gasteiger partial charge in [-0.05, 0) is 12.8 Å². The third-order valence-electron chi connectivity index (χ3n) is 2.15. The van der Waals surface area contributed by atoms with E-state index in [2.05, 4.69) is 16.9 Å². The summed E-state index contributed by atoms with van der Waals surface area (Å²) < 4.78 is 0. The molecule has 2 unspecified atom stereocenters. The first kappa shape index (κ1) is 5.03. The lowest BCUT2D eigenvalue weighted by atomic mass is 10.2. The summed E-state index contributed by atoms with van der Waals surface area (Å²) in [5, 5.41) is 3.25. The molecule has 0 aromatic rings. The van der Waals surface area contributed by atoms with Crippen LogP contribution in [0.25, 0.3) is 0 Å². The molecule has 1 saturated carbocycles. The molecular weight excluding hydrogens is 112 g/mol. The van der Waals surface area contributed by atoms with Gasteiger partial charge >= 0.3 is 0 Å². The van der Waals surface area contributed by atoms with Crippen molar-refractivity contribution in [3.8, 4) is 0 Å². The molecule has 0 bridgehead atoms. The van der Waals surface area contributed by atoms with Gasteiger partial charge in [0.25, 0.3) is 0 Å². The van der Waals surface area contributed by atoms with E-state index in [0.717, 1.165) is 6.42 Å². The molecule has 1 aliphatic heterocycles. The SMILES string of the molecule is C=CCC12CC1N=CN2.[HH]. The zero-order valence-electron chi connectivity index (χ0n) is 5.30. The molecule has 0 amide bonds. The summed E-state index contributed by atoms with van der Waals surface area (Å²) in [4.78, 5) is 4.22. The van der Waals surface area contributed by atoms with Gasteiger partial charge in [-0.25, -0.2) is 0 Å². The van der Waals surface area contributed by atoms with Crippen molar-refractivity contribution in [2.75, 3.05) is 0 Å². The summed E-state index contributed by atoms with van der Waals surface area (Å²) in [5.41, 5.74) is 0.321. The minimum atomic E-state index is 0. The van der Waals surface area contributed by atoms with E-state index in [0.29, 0.717) is 11.6 Å². The van der Waals surface area contributed by atoms with Crippen molar-refractivity contribution in [2.45, 2.75) is 24.4 Å². The molecule has 2 aliphatic rings. The van der Waals surface area contributed by atoms with Gasteiger partial charge in [-0.15, -0.1) is 6.58 Å². The van der Waals surface area contributed by atoms with Crippen molar-refractivity contribution in [3.63, 3.8) is 0 Å². The van der Waals surface area contributed by atoms with Gasteiger partial charge in [0.2, 0.25) is 0 Å². The van der Waals surface area contributed by atoms with Gasteiger partial charge in [-0.3, -0.25) is 4.99 Å². The first-order valence-electron chi connectivity index (χ1n) is 3.28. The number of hydrogen-bond acceptors (Lipinski definition) is 2. The van der Waals surface area contributed by atoms with Gasteiger partial charge < -0.3 is 5.32 Å². The Morgan fingerprint density at radius 1 is 2.11 bits per heavy atom. The highest BCUT2D eigenvalue weighted by Crippen LogP contribution is 2.44. The Labute approximate surface area is 56.2 Å². The van der Waals surface area contributed by atoms with Crippen molar-refractivity contribution >= 4 is 6.34 Å². The Balaban J connectivity index is 0.000000500. The van der Waals surface area contributed by atoms with Crippen LogP contribution in [0.5, 0.6) is 0 Å². The van der Waals surface area contributed by atoms with E-state index < -0.39 is 0 Å². The van der Waals surface area contributed by atoms with E-state index in [1.165, 1.54) is 6.42 Å². The van der Waals surface area contributed by atoms with Crippen LogP contribution in [0.15, 0.2) is 17.6 Å². The van der Waals surface area contributed by atoms with Gasteiger partial charge in [-0.1, -0.05) is 6.08 Å². The summed E-state index contributed by atoms with van der Waals surface area (Å²) in [5.74, 6) is 0. The largest absolute Gasteiger partial charge is 0.368 e. The van der Waals surface area contributed by atoms with Crippen LogP contribution in [0, 0.1) is 0 Å². The fraction of sp³-hybridized carbons (Fsp3) is 0.571. The summed E-state index contributed by atoms with van der Waals surface area (Å²) in [6.07, 6.45) is 6.03. The van der Waals surface area contributed by atoms with Crippen LogP contribution in [0.4, 0.5) is 0 Å². The molecule has 50 valence electrons. The lowest BCUT2D eigenvalue weighted by molar-refractivity contribution is 0.620. The Morgan fingerprint density at radius 2 is 3.00 bits per heavy atom. The highest BCUT2D eigenvalue weighted by molar-refractivity contribution is 5.63. The average molecular weight is 124 g/mol. The summed E-state index contributed by atoms with van der Waals surface area (Å²) >= 11 is 0. The predicted molar refractivity (Wildman–Crippen MR) is 39.7 cm³/mol. The molecule has 0 aromatic carbocycles. The van der Waals surface area contributed by atoms with E-state index in [1.807, 2.05) is 12.4 Å². The molecule has 2 rings (SSSR count). The van der Waals surface area contributed by atoms with Crippen LogP contribution in [0.3, 0.4) is 0 Å². The second-order valence-corrected chi connectivity index (χ2v) is 2.79. The molecule has 2 atom stereocenters. The molecule has 0 saturated heterocycles. The first-order valence-corrected chi connectivity index (χ1v) is 3.28. The highest BCUT2D eigenvalue weighted by Gasteiger charge is 2.55. The average Bonchev–Trinajstić information content (AvgIpc) is 2.37. The zero-order chi connectivity index (χ0) is 6.32. The number of nitrogens with one attached hydrogen (secondary N) is 1. The number of hydrogen-bond donors (Lipinski definition) is 1. The predicted octanol–water partition coefficient (Wildman–Crippen LogP) is 0.951. The molecule has 9 heavy (non-hydrogen) atoms. The molecule has 0 spiro atoms. The van der Waals surface area contributed by atoms with Crippen LogP contribution in [0.2, 0.25) is 0 Å². The fourth-order valence-corrected chi connectivity index (χ4v) is 1.43. The summed E-state index contributed by atoms with van der Waals surface area (Å²) in [6.45, 7) is 3.70. The zero-order valence-corrected chi connectivity index (χ0v) is 5.30. The Hall–Kier alpha value is -0.790.